The number of fused-ring (bicyclic) bond motifs is 1. The summed E-state index contributed by atoms with van der Waals surface area (Å²) >= 11 is 0. The van der Waals surface area contributed by atoms with Crippen LogP contribution in [0.5, 0.6) is 0 Å². The molecule has 1 atom stereocenters. The second kappa shape index (κ2) is 8.70. The highest BCUT2D eigenvalue weighted by molar-refractivity contribution is 5.91. The van der Waals surface area contributed by atoms with Gasteiger partial charge in [0.25, 0.3) is 5.91 Å². The van der Waals surface area contributed by atoms with Crippen LogP contribution in [-0.4, -0.2) is 49.4 Å². The minimum absolute atomic E-state index is 0.255. The van der Waals surface area contributed by atoms with Crippen molar-refractivity contribution in [2.24, 2.45) is 11.7 Å². The molecule has 2 amide bonds. The number of carbonyl (C=O) groups excluding carboxylic acids is 1. The van der Waals surface area contributed by atoms with Crippen molar-refractivity contribution in [2.75, 3.05) is 13.1 Å². The van der Waals surface area contributed by atoms with E-state index >= 15 is 0 Å². The van der Waals surface area contributed by atoms with Gasteiger partial charge in [0.2, 0.25) is 0 Å². The van der Waals surface area contributed by atoms with Crippen LogP contribution < -0.4 is 5.73 Å². The third-order valence-corrected chi connectivity index (χ3v) is 6.60. The Balaban J connectivity index is 1.29. The van der Waals surface area contributed by atoms with Crippen LogP contribution >= 0.6 is 0 Å². The molecule has 2 aromatic carbocycles. The van der Waals surface area contributed by atoms with Gasteiger partial charge in [-0.15, -0.1) is 0 Å². The molecule has 34 heavy (non-hydrogen) atoms. The van der Waals surface area contributed by atoms with Gasteiger partial charge in [0.1, 0.15) is 0 Å². The maximum Gasteiger partial charge on any atom is 0.407 e. The lowest BCUT2D eigenvalue weighted by atomic mass is 9.98. The maximum absolute atomic E-state index is 11.5. The minimum Gasteiger partial charge on any atom is -0.465 e. The van der Waals surface area contributed by atoms with E-state index in [2.05, 4.69) is 58.3 Å². The zero-order valence-electron chi connectivity index (χ0n) is 19.0. The molecule has 4 aromatic rings. The summed E-state index contributed by atoms with van der Waals surface area (Å²) in [7, 11) is 0. The lowest BCUT2D eigenvalue weighted by Gasteiger charge is -2.13. The number of aromatic nitrogens is 3. The number of carbonyl (C=O) groups is 2. The first-order valence-electron chi connectivity index (χ1n) is 11.4. The highest BCUT2D eigenvalue weighted by atomic mass is 16.4. The molecule has 1 fully saturated rings. The number of nitrogens with two attached hydrogens (primary N) is 1. The first kappa shape index (κ1) is 21.8. The summed E-state index contributed by atoms with van der Waals surface area (Å²) in [6.45, 7) is 3.91. The fourth-order valence-electron chi connectivity index (χ4n) is 4.80. The van der Waals surface area contributed by atoms with E-state index in [0.29, 0.717) is 19.0 Å². The molecular weight excluding hydrogens is 430 g/mol. The van der Waals surface area contributed by atoms with Gasteiger partial charge < -0.3 is 20.3 Å². The monoisotopic (exact) mass is 457 g/mol. The number of likely N-dealkylation sites (tertiary alicyclic amines) is 1. The van der Waals surface area contributed by atoms with Crippen molar-refractivity contribution in [3.63, 3.8) is 0 Å². The van der Waals surface area contributed by atoms with E-state index < -0.39 is 12.0 Å². The van der Waals surface area contributed by atoms with E-state index in [9.17, 15) is 9.59 Å². The fourth-order valence-corrected chi connectivity index (χ4v) is 4.80. The van der Waals surface area contributed by atoms with Gasteiger partial charge >= 0.3 is 6.09 Å². The number of benzene rings is 2. The lowest BCUT2D eigenvalue weighted by molar-refractivity contribution is 0.0995. The largest absolute Gasteiger partial charge is 0.465 e. The lowest BCUT2D eigenvalue weighted by Crippen LogP contribution is -2.26. The summed E-state index contributed by atoms with van der Waals surface area (Å²) in [5, 5.41) is 14.6. The summed E-state index contributed by atoms with van der Waals surface area (Å²) in [6.07, 6.45) is 3.09. The van der Waals surface area contributed by atoms with Gasteiger partial charge in [0.05, 0.1) is 5.69 Å². The molecule has 3 heterocycles. The summed E-state index contributed by atoms with van der Waals surface area (Å²) in [5.74, 6) is -0.146. The van der Waals surface area contributed by atoms with E-state index in [4.69, 9.17) is 10.8 Å². The van der Waals surface area contributed by atoms with Gasteiger partial charge in [-0.2, -0.15) is 5.10 Å². The van der Waals surface area contributed by atoms with Crippen molar-refractivity contribution >= 4 is 22.9 Å². The SMILES string of the molecule is Cc1cc(C(N)=O)nn1-c1ccc2c(ccn2Cc2ccc(CC3CCN(C(=O)O)C3)cc2)c1. The Morgan fingerprint density at radius 3 is 2.53 bits per heavy atom. The van der Waals surface area contributed by atoms with Crippen molar-refractivity contribution in [1.82, 2.24) is 19.2 Å². The molecule has 0 radical (unpaired) electrons. The number of hydrogen-bond acceptors (Lipinski definition) is 3. The van der Waals surface area contributed by atoms with Crippen LogP contribution in [0.4, 0.5) is 4.79 Å². The Labute approximate surface area is 197 Å². The molecule has 1 saturated heterocycles. The van der Waals surface area contributed by atoms with Crippen molar-refractivity contribution in [3.8, 4) is 5.69 Å². The van der Waals surface area contributed by atoms with Gasteiger partial charge in [-0.05, 0) is 67.1 Å². The van der Waals surface area contributed by atoms with E-state index in [1.165, 1.54) is 16.0 Å². The van der Waals surface area contributed by atoms with Gasteiger partial charge in [-0.1, -0.05) is 24.3 Å². The second-order valence-electron chi connectivity index (χ2n) is 9.04. The molecule has 174 valence electrons. The Hall–Kier alpha value is -4.07. The second-order valence-corrected chi connectivity index (χ2v) is 9.04. The zero-order chi connectivity index (χ0) is 23.8. The minimum atomic E-state index is -0.820. The molecule has 8 nitrogen and oxygen atoms in total. The summed E-state index contributed by atoms with van der Waals surface area (Å²) in [4.78, 5) is 24.1. The van der Waals surface area contributed by atoms with E-state index in [1.807, 2.05) is 13.0 Å². The van der Waals surface area contributed by atoms with Gasteiger partial charge in [0.15, 0.2) is 5.69 Å². The zero-order valence-corrected chi connectivity index (χ0v) is 19.0. The van der Waals surface area contributed by atoms with Crippen LogP contribution in [0.2, 0.25) is 0 Å². The molecule has 0 bridgehead atoms. The molecular formula is C26H27N5O3. The number of carboxylic acid groups (broad SMARTS) is 1. The number of rotatable bonds is 6. The first-order chi connectivity index (χ1) is 16.4. The Kier molecular flexibility index (Phi) is 5.57. The van der Waals surface area contributed by atoms with Crippen LogP contribution in [0.3, 0.4) is 0 Å². The molecule has 5 rings (SSSR count). The molecule has 1 unspecified atom stereocenters. The van der Waals surface area contributed by atoms with E-state index in [-0.39, 0.29) is 5.69 Å². The maximum atomic E-state index is 11.5. The highest BCUT2D eigenvalue weighted by Gasteiger charge is 2.25. The number of primary amides is 1. The highest BCUT2D eigenvalue weighted by Crippen LogP contribution is 2.24. The van der Waals surface area contributed by atoms with Crippen molar-refractivity contribution in [3.05, 3.63) is 83.3 Å². The fraction of sp³-hybridized carbons (Fsp3) is 0.269. The van der Waals surface area contributed by atoms with E-state index in [0.717, 1.165) is 41.7 Å². The molecule has 2 aromatic heterocycles. The van der Waals surface area contributed by atoms with Crippen LogP contribution in [0.15, 0.2) is 60.8 Å². The van der Waals surface area contributed by atoms with Crippen molar-refractivity contribution in [2.45, 2.75) is 26.3 Å². The van der Waals surface area contributed by atoms with Gasteiger partial charge in [-0.25, -0.2) is 9.48 Å². The summed E-state index contributed by atoms with van der Waals surface area (Å²) in [5.41, 5.74) is 10.9. The summed E-state index contributed by atoms with van der Waals surface area (Å²) in [6, 6.07) is 18.5. The van der Waals surface area contributed by atoms with Crippen LogP contribution in [-0.2, 0) is 13.0 Å². The number of nitrogens with zero attached hydrogens (tertiary/aromatic N) is 4. The Bertz CT molecular complexity index is 1370. The normalized spacial score (nSPS) is 15.8. The number of aryl methyl sites for hydroxylation is 1. The molecule has 3 N–H and O–H groups in total. The van der Waals surface area contributed by atoms with Crippen LogP contribution in [0, 0.1) is 12.8 Å². The smallest absolute Gasteiger partial charge is 0.407 e. The average molecular weight is 458 g/mol. The Morgan fingerprint density at radius 2 is 1.85 bits per heavy atom. The van der Waals surface area contributed by atoms with Gasteiger partial charge in [0, 0.05) is 42.4 Å². The standard InChI is InChI=1S/C26H27N5O3/c1-17-12-23(25(27)32)28-31(17)22-6-7-24-21(14-22)9-11-29(24)15-19-4-2-18(3-5-19)13-20-8-10-30(16-20)26(33)34/h2-7,9,11-12,14,20H,8,10,13,15-16H2,1H3,(H2,27,32)(H,33,34). The quantitative estimate of drug-likeness (QED) is 0.459. The van der Waals surface area contributed by atoms with Crippen molar-refractivity contribution < 1.29 is 14.7 Å². The predicted octanol–water partition coefficient (Wildman–Crippen LogP) is 3.83. The topological polar surface area (TPSA) is 106 Å². The molecule has 8 heteroatoms. The summed E-state index contributed by atoms with van der Waals surface area (Å²) < 4.78 is 3.94. The molecule has 0 aliphatic carbocycles. The molecule has 0 spiro atoms. The number of amides is 2. The van der Waals surface area contributed by atoms with Gasteiger partial charge in [-0.3, -0.25) is 4.79 Å². The average Bonchev–Trinajstić information content (AvgIpc) is 3.54. The Morgan fingerprint density at radius 1 is 1.09 bits per heavy atom. The third kappa shape index (κ3) is 4.26. The van der Waals surface area contributed by atoms with E-state index in [1.54, 1.807) is 10.7 Å². The molecule has 1 aliphatic rings. The van der Waals surface area contributed by atoms with Crippen LogP contribution in [0.1, 0.15) is 33.7 Å². The van der Waals surface area contributed by atoms with Crippen LogP contribution in [0.25, 0.3) is 16.6 Å². The molecule has 0 saturated carbocycles. The van der Waals surface area contributed by atoms with Crippen molar-refractivity contribution in [1.29, 1.82) is 0 Å². The first-order valence-corrected chi connectivity index (χ1v) is 11.4. The molecule has 1 aliphatic heterocycles. The number of hydrogen-bond donors (Lipinski definition) is 2. The predicted molar refractivity (Wildman–Crippen MR) is 129 cm³/mol. The third-order valence-electron chi connectivity index (χ3n) is 6.60.